The number of halogens is 3. The highest BCUT2D eigenvalue weighted by Crippen LogP contribution is 2.33. The number of hydrogen-bond acceptors (Lipinski definition) is 1. The van der Waals surface area contributed by atoms with E-state index in [0.717, 1.165) is 5.69 Å². The lowest BCUT2D eigenvalue weighted by Crippen LogP contribution is -2.11. The van der Waals surface area contributed by atoms with Gasteiger partial charge in [0.1, 0.15) is 0 Å². The summed E-state index contributed by atoms with van der Waals surface area (Å²) in [6, 6.07) is 4.39. The molecule has 0 atom stereocenters. The van der Waals surface area contributed by atoms with Crippen LogP contribution in [-0.2, 0) is 12.7 Å². The van der Waals surface area contributed by atoms with Gasteiger partial charge in [-0.15, -0.1) is 0 Å². The van der Waals surface area contributed by atoms with Gasteiger partial charge in [-0.1, -0.05) is 17.7 Å². The summed E-state index contributed by atoms with van der Waals surface area (Å²) in [4.78, 5) is 4.00. The molecule has 0 fully saturated rings. The Morgan fingerprint density at radius 2 is 1.94 bits per heavy atom. The second-order valence-corrected chi connectivity index (χ2v) is 4.35. The molecule has 1 heterocycles. The van der Waals surface area contributed by atoms with Crippen molar-refractivity contribution in [2.24, 2.45) is 0 Å². The third-order valence-corrected chi connectivity index (χ3v) is 2.69. The van der Waals surface area contributed by atoms with Gasteiger partial charge in [0.25, 0.3) is 0 Å². The minimum absolute atomic E-state index is 0.177. The van der Waals surface area contributed by atoms with Crippen molar-refractivity contribution in [3.63, 3.8) is 0 Å². The Bertz CT molecular complexity index is 556. The van der Waals surface area contributed by atoms with E-state index in [2.05, 4.69) is 4.98 Å². The normalized spacial score (nSPS) is 11.8. The molecule has 2 nitrogen and oxygen atoms in total. The fourth-order valence-corrected chi connectivity index (χ4v) is 1.85. The Balaban J connectivity index is 2.38. The van der Waals surface area contributed by atoms with E-state index >= 15 is 0 Å². The van der Waals surface area contributed by atoms with Crippen LogP contribution in [0.1, 0.15) is 22.4 Å². The van der Waals surface area contributed by atoms with Crippen molar-refractivity contribution >= 4 is 0 Å². The van der Waals surface area contributed by atoms with Crippen LogP contribution in [0.5, 0.6) is 0 Å². The number of benzene rings is 1. The molecule has 5 heteroatoms. The average molecular weight is 254 g/mol. The largest absolute Gasteiger partial charge is 0.416 e. The van der Waals surface area contributed by atoms with Crippen LogP contribution in [0.15, 0.2) is 30.7 Å². The minimum Gasteiger partial charge on any atom is -0.333 e. The molecule has 1 aromatic heterocycles. The second-order valence-electron chi connectivity index (χ2n) is 4.35. The van der Waals surface area contributed by atoms with Gasteiger partial charge >= 0.3 is 6.18 Å². The molecule has 0 unspecified atom stereocenters. The van der Waals surface area contributed by atoms with Gasteiger partial charge in [-0.3, -0.25) is 0 Å². The molecule has 0 bridgehead atoms. The Kier molecular flexibility index (Phi) is 3.15. The number of rotatable bonds is 2. The van der Waals surface area contributed by atoms with Crippen molar-refractivity contribution in [3.8, 4) is 0 Å². The Hall–Kier alpha value is -1.78. The quantitative estimate of drug-likeness (QED) is 0.801. The molecule has 2 aromatic rings. The van der Waals surface area contributed by atoms with Crippen LogP contribution in [-0.4, -0.2) is 9.55 Å². The molecule has 0 saturated carbocycles. The highest BCUT2D eigenvalue weighted by Gasteiger charge is 2.33. The predicted molar refractivity (Wildman–Crippen MR) is 62.2 cm³/mol. The standard InChI is InChI=1S/C13H13F3N2/c1-9-3-4-11(12(5-9)13(14,15)16)7-18-6-10(2)17-8-18/h3-6,8H,7H2,1-2H3. The molecule has 0 spiro atoms. The highest BCUT2D eigenvalue weighted by molar-refractivity contribution is 5.34. The van der Waals surface area contributed by atoms with Crippen molar-refractivity contribution < 1.29 is 13.2 Å². The molecular weight excluding hydrogens is 241 g/mol. The Labute approximate surface area is 103 Å². The van der Waals surface area contributed by atoms with Gasteiger partial charge in [-0.2, -0.15) is 13.2 Å². The van der Waals surface area contributed by atoms with Gasteiger partial charge in [0.15, 0.2) is 0 Å². The van der Waals surface area contributed by atoms with Gasteiger partial charge in [0.05, 0.1) is 17.6 Å². The van der Waals surface area contributed by atoms with Gasteiger partial charge < -0.3 is 4.57 Å². The summed E-state index contributed by atoms with van der Waals surface area (Å²) in [7, 11) is 0. The number of alkyl halides is 3. The first kappa shape index (κ1) is 12.7. The van der Waals surface area contributed by atoms with Crippen molar-refractivity contribution in [2.75, 3.05) is 0 Å². The van der Waals surface area contributed by atoms with E-state index in [1.165, 1.54) is 18.5 Å². The van der Waals surface area contributed by atoms with E-state index in [0.29, 0.717) is 5.56 Å². The summed E-state index contributed by atoms with van der Waals surface area (Å²) in [5, 5.41) is 0. The topological polar surface area (TPSA) is 17.8 Å². The van der Waals surface area contributed by atoms with Crippen LogP contribution in [0.25, 0.3) is 0 Å². The lowest BCUT2D eigenvalue weighted by atomic mass is 10.0. The van der Waals surface area contributed by atoms with Crippen molar-refractivity contribution in [1.82, 2.24) is 9.55 Å². The first-order valence-corrected chi connectivity index (χ1v) is 5.51. The first-order chi connectivity index (χ1) is 8.36. The maximum absolute atomic E-state index is 12.9. The van der Waals surface area contributed by atoms with Crippen LogP contribution in [0.3, 0.4) is 0 Å². The zero-order valence-corrected chi connectivity index (χ0v) is 10.1. The molecule has 0 N–H and O–H groups in total. The molecule has 0 aliphatic rings. The second kappa shape index (κ2) is 4.48. The van der Waals surface area contributed by atoms with Crippen LogP contribution in [0.2, 0.25) is 0 Å². The number of nitrogens with zero attached hydrogens (tertiary/aromatic N) is 2. The lowest BCUT2D eigenvalue weighted by molar-refractivity contribution is -0.138. The molecule has 1 aromatic carbocycles. The minimum atomic E-state index is -4.32. The van der Waals surface area contributed by atoms with E-state index in [9.17, 15) is 13.2 Å². The molecule has 18 heavy (non-hydrogen) atoms. The smallest absolute Gasteiger partial charge is 0.333 e. The van der Waals surface area contributed by atoms with Gasteiger partial charge in [0.2, 0.25) is 0 Å². The zero-order valence-electron chi connectivity index (χ0n) is 10.1. The van der Waals surface area contributed by atoms with E-state index in [1.807, 2.05) is 0 Å². The zero-order chi connectivity index (χ0) is 13.3. The van der Waals surface area contributed by atoms with Gasteiger partial charge in [0, 0.05) is 12.7 Å². The fraction of sp³-hybridized carbons (Fsp3) is 0.308. The number of imidazole rings is 1. The molecule has 0 amide bonds. The number of aryl methyl sites for hydroxylation is 2. The van der Waals surface area contributed by atoms with Gasteiger partial charge in [-0.05, 0) is 25.5 Å². The van der Waals surface area contributed by atoms with Crippen molar-refractivity contribution in [3.05, 3.63) is 53.1 Å². The summed E-state index contributed by atoms with van der Waals surface area (Å²) < 4.78 is 40.4. The summed E-state index contributed by atoms with van der Waals surface area (Å²) in [5.41, 5.74) is 1.07. The summed E-state index contributed by atoms with van der Waals surface area (Å²) in [5.74, 6) is 0. The van der Waals surface area contributed by atoms with E-state index in [4.69, 9.17) is 0 Å². The average Bonchev–Trinajstić information content (AvgIpc) is 2.65. The fourth-order valence-electron chi connectivity index (χ4n) is 1.85. The van der Waals surface area contributed by atoms with Crippen molar-refractivity contribution in [2.45, 2.75) is 26.6 Å². The Morgan fingerprint density at radius 1 is 1.22 bits per heavy atom. The summed E-state index contributed by atoms with van der Waals surface area (Å²) in [6.07, 6.45) is -1.06. The maximum Gasteiger partial charge on any atom is 0.416 e. The summed E-state index contributed by atoms with van der Waals surface area (Å²) in [6.45, 7) is 3.63. The molecule has 96 valence electrons. The molecule has 0 radical (unpaired) electrons. The van der Waals surface area contributed by atoms with E-state index in [1.54, 1.807) is 30.7 Å². The molecule has 0 aliphatic carbocycles. The van der Waals surface area contributed by atoms with Gasteiger partial charge in [-0.25, -0.2) is 4.98 Å². The SMILES string of the molecule is Cc1ccc(Cn2cnc(C)c2)c(C(F)(F)F)c1. The summed E-state index contributed by atoms with van der Waals surface area (Å²) >= 11 is 0. The van der Waals surface area contributed by atoms with Crippen LogP contribution < -0.4 is 0 Å². The molecule has 0 saturated heterocycles. The van der Waals surface area contributed by atoms with Crippen LogP contribution >= 0.6 is 0 Å². The molecular formula is C13H13F3N2. The van der Waals surface area contributed by atoms with Crippen molar-refractivity contribution in [1.29, 1.82) is 0 Å². The third-order valence-electron chi connectivity index (χ3n) is 2.69. The predicted octanol–water partition coefficient (Wildman–Crippen LogP) is 3.57. The Morgan fingerprint density at radius 3 is 2.50 bits per heavy atom. The number of hydrogen-bond donors (Lipinski definition) is 0. The van der Waals surface area contributed by atoms with E-state index in [-0.39, 0.29) is 12.1 Å². The van der Waals surface area contributed by atoms with E-state index < -0.39 is 11.7 Å². The lowest BCUT2D eigenvalue weighted by Gasteiger charge is -2.14. The van der Waals surface area contributed by atoms with Crippen LogP contribution in [0, 0.1) is 13.8 Å². The molecule has 0 aliphatic heterocycles. The highest BCUT2D eigenvalue weighted by atomic mass is 19.4. The monoisotopic (exact) mass is 254 g/mol. The molecule has 2 rings (SSSR count). The van der Waals surface area contributed by atoms with Crippen LogP contribution in [0.4, 0.5) is 13.2 Å². The maximum atomic E-state index is 12.9. The number of aromatic nitrogens is 2. The third kappa shape index (κ3) is 2.72. The first-order valence-electron chi connectivity index (χ1n) is 5.51.